The second kappa shape index (κ2) is 11.7. The number of piperidine rings is 1. The van der Waals surface area contributed by atoms with E-state index in [1.54, 1.807) is 4.90 Å². The highest BCUT2D eigenvalue weighted by Crippen LogP contribution is 2.29. The number of hydrogen-bond acceptors (Lipinski definition) is 6. The average molecular weight is 509 g/mol. The van der Waals surface area contributed by atoms with Crippen LogP contribution in [-0.4, -0.2) is 75.8 Å². The molecule has 3 unspecified atom stereocenters. The number of rotatable bonds is 7. The summed E-state index contributed by atoms with van der Waals surface area (Å²) < 4.78 is 0. The van der Waals surface area contributed by atoms with Crippen LogP contribution < -0.4 is 16.8 Å². The first-order valence-electron chi connectivity index (χ1n) is 13.5. The van der Waals surface area contributed by atoms with Gasteiger partial charge in [-0.1, -0.05) is 24.5 Å². The minimum Gasteiger partial charge on any atom is -0.370 e. The summed E-state index contributed by atoms with van der Waals surface area (Å²) in [7, 11) is 0. The molecule has 3 atom stereocenters. The maximum Gasteiger partial charge on any atom is 0.291 e. The van der Waals surface area contributed by atoms with Gasteiger partial charge < -0.3 is 26.6 Å². The van der Waals surface area contributed by atoms with Crippen molar-refractivity contribution in [1.82, 2.24) is 19.8 Å². The number of likely N-dealkylation sites (tertiary alicyclic amines) is 1. The Balaban J connectivity index is 1.63. The minimum atomic E-state index is -0.244. The zero-order chi connectivity index (χ0) is 26.5. The highest BCUT2D eigenvalue weighted by Gasteiger charge is 2.32. The summed E-state index contributed by atoms with van der Waals surface area (Å²) in [5, 5.41) is 4.42. The van der Waals surface area contributed by atoms with E-state index in [0.29, 0.717) is 37.5 Å². The van der Waals surface area contributed by atoms with Gasteiger partial charge in [0, 0.05) is 31.6 Å². The molecule has 2 aromatic rings. The predicted octanol–water partition coefficient (Wildman–Crippen LogP) is 2.66. The van der Waals surface area contributed by atoms with Gasteiger partial charge in [-0.15, -0.1) is 0 Å². The number of anilines is 1. The number of guanidine groups is 1. The number of carbonyl (C=O) groups excluding carboxylic acids is 2. The largest absolute Gasteiger partial charge is 0.370 e. The standard InChI is InChI=1S/C27H40N8O2/c1-4-34(5-2)25(36)18-9-8-14-35(16-18)26(37)24-30-20-13-12-17(3)15-19(20)23(33-24)31-21-10-6-7-11-22(21)32-27(28)29/h12-13,15,18,21-22H,4-11,14,16H2,1-3H3,(H4,28,29,32)(H,30,31,33). The lowest BCUT2D eigenvalue weighted by Gasteiger charge is -2.34. The van der Waals surface area contributed by atoms with Gasteiger partial charge >= 0.3 is 0 Å². The fraction of sp³-hybridized carbons (Fsp3) is 0.593. The van der Waals surface area contributed by atoms with Crippen LogP contribution in [-0.2, 0) is 4.79 Å². The number of carbonyl (C=O) groups is 2. The van der Waals surface area contributed by atoms with Crippen LogP contribution in [0.5, 0.6) is 0 Å². The van der Waals surface area contributed by atoms with Gasteiger partial charge in [0.05, 0.1) is 23.5 Å². The summed E-state index contributed by atoms with van der Waals surface area (Å²) in [5.41, 5.74) is 13.2. The molecule has 0 spiro atoms. The van der Waals surface area contributed by atoms with Crippen molar-refractivity contribution in [2.45, 2.75) is 71.4 Å². The van der Waals surface area contributed by atoms with E-state index >= 15 is 0 Å². The molecule has 2 fully saturated rings. The van der Waals surface area contributed by atoms with Crippen LogP contribution in [0.2, 0.25) is 0 Å². The van der Waals surface area contributed by atoms with Gasteiger partial charge in [-0.05, 0) is 58.6 Å². The van der Waals surface area contributed by atoms with Crippen molar-refractivity contribution in [2.24, 2.45) is 22.4 Å². The van der Waals surface area contributed by atoms with E-state index in [0.717, 1.165) is 49.5 Å². The van der Waals surface area contributed by atoms with Crippen LogP contribution >= 0.6 is 0 Å². The Morgan fingerprint density at radius 2 is 1.86 bits per heavy atom. The van der Waals surface area contributed by atoms with Gasteiger partial charge in [-0.25, -0.2) is 15.0 Å². The molecule has 1 aromatic heterocycles. The lowest BCUT2D eigenvalue weighted by atomic mass is 9.90. The number of benzene rings is 1. The molecule has 2 heterocycles. The molecule has 37 heavy (non-hydrogen) atoms. The van der Waals surface area contributed by atoms with E-state index in [2.05, 4.69) is 15.3 Å². The van der Waals surface area contributed by atoms with E-state index in [1.165, 1.54) is 0 Å². The van der Waals surface area contributed by atoms with Crippen molar-refractivity contribution in [1.29, 1.82) is 0 Å². The van der Waals surface area contributed by atoms with Crippen LogP contribution in [0.4, 0.5) is 5.82 Å². The summed E-state index contributed by atoms with van der Waals surface area (Å²) in [5.74, 6) is 0.518. The fourth-order valence-corrected chi connectivity index (χ4v) is 5.55. The van der Waals surface area contributed by atoms with E-state index in [4.69, 9.17) is 16.5 Å². The van der Waals surface area contributed by atoms with Crippen LogP contribution in [0.25, 0.3) is 10.9 Å². The Labute approximate surface area is 218 Å². The first kappa shape index (κ1) is 26.6. The summed E-state index contributed by atoms with van der Waals surface area (Å²) in [4.78, 5) is 44.0. The molecule has 5 N–H and O–H groups in total. The maximum absolute atomic E-state index is 13.6. The van der Waals surface area contributed by atoms with Crippen molar-refractivity contribution < 1.29 is 9.59 Å². The van der Waals surface area contributed by atoms with E-state index < -0.39 is 0 Å². The van der Waals surface area contributed by atoms with Gasteiger partial charge in [0.25, 0.3) is 5.91 Å². The SMILES string of the molecule is CCN(CC)C(=O)C1CCCN(C(=O)c2nc(NC3CCCCC3N=C(N)N)c3cc(C)ccc3n2)C1. The summed E-state index contributed by atoms with van der Waals surface area (Å²) in [6, 6.07) is 5.89. The molecule has 2 amide bonds. The van der Waals surface area contributed by atoms with E-state index in [1.807, 2.05) is 43.9 Å². The first-order valence-corrected chi connectivity index (χ1v) is 13.5. The summed E-state index contributed by atoms with van der Waals surface area (Å²) in [6.07, 6.45) is 5.50. The minimum absolute atomic E-state index is 0.00322. The fourth-order valence-electron chi connectivity index (χ4n) is 5.55. The molecule has 1 aliphatic heterocycles. The van der Waals surface area contributed by atoms with Crippen molar-refractivity contribution in [3.8, 4) is 0 Å². The molecule has 0 radical (unpaired) electrons. The number of nitrogens with two attached hydrogens (primary N) is 2. The molecular formula is C27H40N8O2. The first-order chi connectivity index (χ1) is 17.8. The third kappa shape index (κ3) is 6.11. The number of nitrogens with zero attached hydrogens (tertiary/aromatic N) is 5. The van der Waals surface area contributed by atoms with Crippen molar-refractivity contribution in [3.63, 3.8) is 0 Å². The molecule has 0 bridgehead atoms. The normalized spacial score (nSPS) is 21.9. The van der Waals surface area contributed by atoms with E-state index in [-0.39, 0.29) is 41.6 Å². The third-order valence-electron chi connectivity index (χ3n) is 7.54. The lowest BCUT2D eigenvalue weighted by molar-refractivity contribution is -0.136. The number of nitrogens with one attached hydrogen (secondary N) is 1. The number of fused-ring (bicyclic) bond motifs is 1. The highest BCUT2D eigenvalue weighted by molar-refractivity contribution is 5.97. The van der Waals surface area contributed by atoms with Crippen LogP contribution in [0, 0.1) is 12.8 Å². The molecular weight excluding hydrogens is 468 g/mol. The van der Waals surface area contributed by atoms with Crippen LogP contribution in [0.1, 0.15) is 68.6 Å². The molecule has 2 aliphatic rings. The van der Waals surface area contributed by atoms with Gasteiger partial charge in [0.15, 0.2) is 5.96 Å². The van der Waals surface area contributed by atoms with Crippen LogP contribution in [0.3, 0.4) is 0 Å². The quantitative estimate of drug-likeness (QED) is 0.385. The average Bonchev–Trinajstić information content (AvgIpc) is 2.90. The van der Waals surface area contributed by atoms with Crippen molar-refractivity contribution >= 4 is 34.5 Å². The Morgan fingerprint density at radius 1 is 1.11 bits per heavy atom. The van der Waals surface area contributed by atoms with Gasteiger partial charge in [0.1, 0.15) is 5.82 Å². The smallest absolute Gasteiger partial charge is 0.291 e. The molecule has 1 aromatic carbocycles. The molecule has 10 nitrogen and oxygen atoms in total. The lowest BCUT2D eigenvalue weighted by Crippen LogP contribution is -2.47. The Morgan fingerprint density at radius 3 is 2.59 bits per heavy atom. The number of amides is 2. The van der Waals surface area contributed by atoms with Crippen molar-refractivity contribution in [3.05, 3.63) is 29.6 Å². The van der Waals surface area contributed by atoms with Gasteiger partial charge in [0.2, 0.25) is 11.7 Å². The summed E-state index contributed by atoms with van der Waals surface area (Å²) >= 11 is 0. The number of aliphatic imine (C=N–C) groups is 1. The molecule has 1 saturated heterocycles. The van der Waals surface area contributed by atoms with Crippen LogP contribution in [0.15, 0.2) is 23.2 Å². The zero-order valence-corrected chi connectivity index (χ0v) is 22.2. The number of aryl methyl sites for hydroxylation is 1. The molecule has 1 saturated carbocycles. The molecule has 10 heteroatoms. The third-order valence-corrected chi connectivity index (χ3v) is 7.54. The molecule has 200 valence electrons. The Kier molecular flexibility index (Phi) is 8.45. The maximum atomic E-state index is 13.6. The molecule has 4 rings (SSSR count). The topological polar surface area (TPSA) is 143 Å². The number of hydrogen-bond donors (Lipinski definition) is 3. The monoisotopic (exact) mass is 508 g/mol. The Hall–Kier alpha value is -3.43. The Bertz CT molecular complexity index is 1160. The summed E-state index contributed by atoms with van der Waals surface area (Å²) in [6.45, 7) is 8.31. The van der Waals surface area contributed by atoms with E-state index in [9.17, 15) is 9.59 Å². The van der Waals surface area contributed by atoms with Gasteiger partial charge in [-0.3, -0.25) is 9.59 Å². The van der Waals surface area contributed by atoms with Crippen molar-refractivity contribution in [2.75, 3.05) is 31.5 Å². The predicted molar refractivity (Wildman–Crippen MR) is 146 cm³/mol. The van der Waals surface area contributed by atoms with Gasteiger partial charge in [-0.2, -0.15) is 0 Å². The zero-order valence-electron chi connectivity index (χ0n) is 22.2. The number of aromatic nitrogens is 2. The second-order valence-corrected chi connectivity index (χ2v) is 10.2. The highest BCUT2D eigenvalue weighted by atomic mass is 16.2. The molecule has 1 aliphatic carbocycles. The second-order valence-electron chi connectivity index (χ2n) is 10.2.